The number of nitrogens with one attached hydrogen (secondary N) is 1. The second-order valence-corrected chi connectivity index (χ2v) is 7.98. The van der Waals surface area contributed by atoms with E-state index in [1.54, 1.807) is 24.8 Å². The molecule has 0 radical (unpaired) electrons. The van der Waals surface area contributed by atoms with E-state index < -0.39 is 6.04 Å². The van der Waals surface area contributed by atoms with Gasteiger partial charge in [-0.25, -0.2) is 4.68 Å². The van der Waals surface area contributed by atoms with Gasteiger partial charge in [0, 0.05) is 36.0 Å². The van der Waals surface area contributed by atoms with Gasteiger partial charge in [-0.3, -0.25) is 14.4 Å². The van der Waals surface area contributed by atoms with Crippen LogP contribution in [0.5, 0.6) is 0 Å². The van der Waals surface area contributed by atoms with Crippen LogP contribution in [0.15, 0.2) is 59.4 Å². The molecule has 0 saturated heterocycles. The second kappa shape index (κ2) is 8.78. The van der Waals surface area contributed by atoms with Crippen LogP contribution in [0.25, 0.3) is 11.3 Å². The molecule has 1 aliphatic rings. The molecule has 7 nitrogen and oxygen atoms in total. The Labute approximate surface area is 186 Å². The van der Waals surface area contributed by atoms with Gasteiger partial charge in [0.25, 0.3) is 11.5 Å². The molecule has 1 N–H and O–H groups in total. The number of hydrogen-bond acceptors (Lipinski definition) is 4. The van der Waals surface area contributed by atoms with Crippen LogP contribution < -0.4 is 15.8 Å². The highest BCUT2D eigenvalue weighted by atomic mass is 16.2. The first-order chi connectivity index (χ1) is 15.4. The maximum atomic E-state index is 13.2. The van der Waals surface area contributed by atoms with Crippen molar-refractivity contribution in [1.82, 2.24) is 9.78 Å². The van der Waals surface area contributed by atoms with Gasteiger partial charge in [0.05, 0.1) is 5.69 Å². The molecule has 2 heterocycles. The van der Waals surface area contributed by atoms with Gasteiger partial charge in [0.1, 0.15) is 6.04 Å². The second-order valence-electron chi connectivity index (χ2n) is 7.98. The van der Waals surface area contributed by atoms with Gasteiger partial charge >= 0.3 is 0 Å². The summed E-state index contributed by atoms with van der Waals surface area (Å²) in [4.78, 5) is 39.4. The topological polar surface area (TPSA) is 84.3 Å². The Balaban J connectivity index is 1.65. The van der Waals surface area contributed by atoms with Crippen LogP contribution in [-0.2, 0) is 16.0 Å². The summed E-state index contributed by atoms with van der Waals surface area (Å²) >= 11 is 0. The lowest BCUT2D eigenvalue weighted by atomic mass is 10.1. The predicted molar refractivity (Wildman–Crippen MR) is 125 cm³/mol. The summed E-state index contributed by atoms with van der Waals surface area (Å²) < 4.78 is 1.24. The van der Waals surface area contributed by atoms with E-state index in [1.807, 2.05) is 49.4 Å². The van der Waals surface area contributed by atoms with Gasteiger partial charge in [0.2, 0.25) is 5.91 Å². The zero-order chi connectivity index (χ0) is 22.8. The molecule has 0 aliphatic carbocycles. The van der Waals surface area contributed by atoms with Crippen molar-refractivity contribution in [2.75, 3.05) is 16.8 Å². The van der Waals surface area contributed by atoms with Crippen LogP contribution in [-0.4, -0.2) is 28.1 Å². The van der Waals surface area contributed by atoms with Crippen molar-refractivity contribution in [3.05, 3.63) is 76.1 Å². The number of amides is 2. The smallest absolute Gasteiger partial charge is 0.267 e. The molecule has 7 heteroatoms. The van der Waals surface area contributed by atoms with E-state index in [-0.39, 0.29) is 17.4 Å². The van der Waals surface area contributed by atoms with Crippen LogP contribution in [0, 0.1) is 6.92 Å². The Kier molecular flexibility index (Phi) is 5.90. The molecular weight excluding hydrogens is 404 g/mol. The third-order valence-electron chi connectivity index (χ3n) is 5.83. The number of aryl methyl sites for hydroxylation is 1. The lowest BCUT2D eigenvalue weighted by Gasteiger charge is -2.22. The molecule has 4 rings (SSSR count). The molecule has 2 aromatic carbocycles. The molecule has 0 fully saturated rings. The highest BCUT2D eigenvalue weighted by molar-refractivity contribution is 5.97. The number of anilines is 2. The Hall–Kier alpha value is -3.74. The molecule has 0 bridgehead atoms. The lowest BCUT2D eigenvalue weighted by Crippen LogP contribution is -2.39. The molecule has 1 aliphatic heterocycles. The maximum Gasteiger partial charge on any atom is 0.267 e. The first-order valence-electron chi connectivity index (χ1n) is 10.8. The number of fused-ring (bicyclic) bond motifs is 1. The largest absolute Gasteiger partial charge is 0.326 e. The van der Waals surface area contributed by atoms with Gasteiger partial charge in [-0.15, -0.1) is 0 Å². The van der Waals surface area contributed by atoms with Crippen molar-refractivity contribution in [2.45, 2.75) is 39.7 Å². The number of hydrogen-bond donors (Lipinski definition) is 1. The van der Waals surface area contributed by atoms with Crippen molar-refractivity contribution in [3.63, 3.8) is 0 Å². The average molecular weight is 431 g/mol. The van der Waals surface area contributed by atoms with Crippen LogP contribution in [0.4, 0.5) is 11.4 Å². The SMILES string of the molecule is CCC(=O)Nc1cc(-c2ccc(=O)n([C@H](C)C(=O)N3CCc4ccccc43)n2)ccc1C. The van der Waals surface area contributed by atoms with E-state index in [2.05, 4.69) is 10.4 Å². The van der Waals surface area contributed by atoms with E-state index in [1.165, 1.54) is 10.7 Å². The van der Waals surface area contributed by atoms with Crippen LogP contribution in [0.1, 0.15) is 37.4 Å². The molecule has 2 amide bonds. The van der Waals surface area contributed by atoms with E-state index in [9.17, 15) is 14.4 Å². The molecule has 164 valence electrons. The predicted octanol–water partition coefficient (Wildman–Crippen LogP) is 3.72. The van der Waals surface area contributed by atoms with Crippen molar-refractivity contribution < 1.29 is 9.59 Å². The average Bonchev–Trinajstić information content (AvgIpc) is 3.24. The number of benzene rings is 2. The fourth-order valence-electron chi connectivity index (χ4n) is 3.91. The van der Waals surface area contributed by atoms with Gasteiger partial charge in [-0.05, 0) is 49.6 Å². The maximum absolute atomic E-state index is 13.2. The monoisotopic (exact) mass is 430 g/mol. The minimum absolute atomic E-state index is 0.0757. The normalized spacial score (nSPS) is 13.5. The van der Waals surface area contributed by atoms with Crippen molar-refractivity contribution >= 4 is 23.2 Å². The quantitative estimate of drug-likeness (QED) is 0.669. The summed E-state index contributed by atoms with van der Waals surface area (Å²) in [6.45, 7) is 6.00. The number of carbonyl (C=O) groups is 2. The first kappa shape index (κ1) is 21.5. The van der Waals surface area contributed by atoms with Crippen molar-refractivity contribution in [1.29, 1.82) is 0 Å². The number of aromatic nitrogens is 2. The number of carbonyl (C=O) groups excluding carboxylic acids is 2. The molecule has 1 aromatic heterocycles. The standard InChI is InChI=1S/C25H26N4O3/c1-4-23(30)26-21-15-19(10-9-16(21)2)20-11-12-24(31)29(27-20)17(3)25(32)28-14-13-18-7-5-6-8-22(18)28/h5-12,15,17H,4,13-14H2,1-3H3,(H,26,30)/t17-/m1/s1. The fraction of sp³-hybridized carbons (Fsp3) is 0.280. The minimum Gasteiger partial charge on any atom is -0.326 e. The zero-order valence-corrected chi connectivity index (χ0v) is 18.5. The lowest BCUT2D eigenvalue weighted by molar-refractivity contribution is -0.121. The van der Waals surface area contributed by atoms with Gasteiger partial charge in [0.15, 0.2) is 0 Å². The van der Waals surface area contributed by atoms with Crippen molar-refractivity contribution in [3.8, 4) is 11.3 Å². The Morgan fingerprint density at radius 2 is 1.91 bits per heavy atom. The first-order valence-corrected chi connectivity index (χ1v) is 10.8. The summed E-state index contributed by atoms with van der Waals surface area (Å²) in [6, 6.07) is 15.7. The summed E-state index contributed by atoms with van der Waals surface area (Å²) in [5, 5.41) is 7.39. The molecule has 3 aromatic rings. The molecule has 0 spiro atoms. The molecule has 0 saturated carbocycles. The Morgan fingerprint density at radius 1 is 1.12 bits per heavy atom. The Morgan fingerprint density at radius 3 is 2.69 bits per heavy atom. The van der Waals surface area contributed by atoms with E-state index in [0.29, 0.717) is 24.3 Å². The van der Waals surface area contributed by atoms with E-state index in [4.69, 9.17) is 0 Å². The third kappa shape index (κ3) is 4.06. The van der Waals surface area contributed by atoms with E-state index >= 15 is 0 Å². The highest BCUT2D eigenvalue weighted by Crippen LogP contribution is 2.29. The fourth-order valence-corrected chi connectivity index (χ4v) is 3.91. The van der Waals surface area contributed by atoms with Gasteiger partial charge in [-0.1, -0.05) is 37.3 Å². The summed E-state index contributed by atoms with van der Waals surface area (Å²) in [5.41, 5.74) is 4.62. The van der Waals surface area contributed by atoms with E-state index in [0.717, 1.165) is 28.8 Å². The summed E-state index contributed by atoms with van der Waals surface area (Å²) in [7, 11) is 0. The summed E-state index contributed by atoms with van der Waals surface area (Å²) in [5.74, 6) is -0.241. The minimum atomic E-state index is -0.752. The van der Waals surface area contributed by atoms with Crippen LogP contribution in [0.3, 0.4) is 0 Å². The molecule has 1 atom stereocenters. The third-order valence-corrected chi connectivity index (χ3v) is 5.83. The molecule has 32 heavy (non-hydrogen) atoms. The van der Waals surface area contributed by atoms with Crippen LogP contribution >= 0.6 is 0 Å². The molecular formula is C25H26N4O3. The van der Waals surface area contributed by atoms with Crippen molar-refractivity contribution in [2.24, 2.45) is 0 Å². The Bertz CT molecular complexity index is 1250. The highest BCUT2D eigenvalue weighted by Gasteiger charge is 2.29. The van der Waals surface area contributed by atoms with Gasteiger partial charge < -0.3 is 10.2 Å². The number of para-hydroxylation sites is 1. The van der Waals surface area contributed by atoms with Crippen LogP contribution in [0.2, 0.25) is 0 Å². The zero-order valence-electron chi connectivity index (χ0n) is 18.5. The van der Waals surface area contributed by atoms with Gasteiger partial charge in [-0.2, -0.15) is 5.10 Å². The molecule has 0 unspecified atom stereocenters. The summed E-state index contributed by atoms with van der Waals surface area (Å²) in [6.07, 6.45) is 1.18. The number of rotatable bonds is 5. The number of nitrogens with zero attached hydrogens (tertiary/aromatic N) is 3.